The zero-order valence-corrected chi connectivity index (χ0v) is 48.9. The van der Waals surface area contributed by atoms with Crippen LogP contribution in [-0.4, -0.2) is 92.0 Å². The number of rotatable bonds is 44. The number of hydrogen-bond donors (Lipinski definition) is 8. The second-order valence-corrected chi connectivity index (χ2v) is 21.2. The van der Waals surface area contributed by atoms with Crippen molar-refractivity contribution in [3.63, 3.8) is 0 Å². The Morgan fingerprint density at radius 1 is 0.287 bits per heavy atom. The molecule has 2 amide bonds. The van der Waals surface area contributed by atoms with Gasteiger partial charge in [0.25, 0.3) is 0 Å². The maximum absolute atomic E-state index is 14.7. The summed E-state index contributed by atoms with van der Waals surface area (Å²) in [6, 6.07) is 41.0. The maximum Gasteiger partial charge on any atom is 0.319 e. The van der Waals surface area contributed by atoms with Crippen molar-refractivity contribution in [2.75, 3.05) is 52.4 Å². The molecule has 440 valence electrons. The lowest BCUT2D eigenvalue weighted by Crippen LogP contribution is -2.45. The highest BCUT2D eigenvalue weighted by Crippen LogP contribution is 2.15. The second kappa shape index (κ2) is 45.0. The van der Waals surface area contributed by atoms with Crippen molar-refractivity contribution in [2.24, 2.45) is 42.9 Å². The summed E-state index contributed by atoms with van der Waals surface area (Å²) in [7, 11) is 0. The molecule has 0 spiro atoms. The zero-order chi connectivity index (χ0) is 56.6. The van der Waals surface area contributed by atoms with Gasteiger partial charge >= 0.3 is 6.03 Å². The van der Waals surface area contributed by atoms with Crippen molar-refractivity contribution in [3.8, 4) is 0 Å². The maximum atomic E-state index is 14.7. The molecule has 0 aromatic heterocycles. The highest BCUT2D eigenvalue weighted by molar-refractivity contribution is 5.79. The lowest BCUT2D eigenvalue weighted by atomic mass is 10.1. The Hall–Kier alpha value is -6.77. The first-order valence-electron chi connectivity index (χ1n) is 30.7. The lowest BCUT2D eigenvalue weighted by molar-refractivity contribution is 0.148. The van der Waals surface area contributed by atoms with Gasteiger partial charge in [-0.15, -0.1) is 0 Å². The number of unbranched alkanes of at least 4 members (excludes halogenated alkanes) is 20. The SMILES string of the molecule is NC(=NCc1ccccc1)NCCCCCCCCN(CCCCCCCCNC(N)=NCc1ccccc1)C(=O)N(CCCCCCCCNC(N)=NCc1ccccc1)CCCCCCCCNC(N)=NCc1ccccc1. The molecule has 0 aliphatic rings. The summed E-state index contributed by atoms with van der Waals surface area (Å²) in [6.45, 7) is 8.92. The highest BCUT2D eigenvalue weighted by atomic mass is 16.2. The van der Waals surface area contributed by atoms with Gasteiger partial charge in [0.1, 0.15) is 0 Å². The summed E-state index contributed by atoms with van der Waals surface area (Å²) < 4.78 is 0. The van der Waals surface area contributed by atoms with Crippen molar-refractivity contribution in [1.82, 2.24) is 31.1 Å². The number of nitrogens with one attached hydrogen (secondary N) is 4. The van der Waals surface area contributed by atoms with Crippen molar-refractivity contribution in [2.45, 2.75) is 180 Å². The molecule has 15 nitrogen and oxygen atoms in total. The minimum Gasteiger partial charge on any atom is -0.370 e. The van der Waals surface area contributed by atoms with Gasteiger partial charge in [-0.1, -0.05) is 224 Å². The molecule has 0 saturated carbocycles. The first kappa shape index (κ1) is 65.7. The van der Waals surface area contributed by atoms with Crippen molar-refractivity contribution in [3.05, 3.63) is 144 Å². The van der Waals surface area contributed by atoms with E-state index in [9.17, 15) is 4.79 Å². The number of guanidine groups is 4. The first-order valence-corrected chi connectivity index (χ1v) is 30.7. The van der Waals surface area contributed by atoms with E-state index in [1.807, 2.05) is 72.8 Å². The Bertz CT molecular complexity index is 1940. The number of aliphatic imine (C=N–C) groups is 4. The average Bonchev–Trinajstić information content (AvgIpc) is 3.49. The van der Waals surface area contributed by atoms with Crippen LogP contribution in [0.3, 0.4) is 0 Å². The van der Waals surface area contributed by atoms with Gasteiger partial charge in [0.15, 0.2) is 23.8 Å². The highest BCUT2D eigenvalue weighted by Gasteiger charge is 2.20. The largest absolute Gasteiger partial charge is 0.370 e. The number of carbonyl (C=O) groups excluding carboxylic acids is 1. The Labute approximate surface area is 482 Å². The summed E-state index contributed by atoms with van der Waals surface area (Å²) in [4.78, 5) is 37.0. The molecule has 4 rings (SSSR count). The van der Waals surface area contributed by atoms with E-state index in [1.165, 1.54) is 51.4 Å². The molecule has 0 saturated heterocycles. The van der Waals surface area contributed by atoms with Crippen LogP contribution in [0.15, 0.2) is 141 Å². The molecule has 0 heterocycles. The van der Waals surface area contributed by atoms with Crippen LogP contribution < -0.4 is 44.2 Å². The van der Waals surface area contributed by atoms with Gasteiger partial charge in [-0.2, -0.15) is 0 Å². The molecule has 15 heteroatoms. The fourth-order valence-electron chi connectivity index (χ4n) is 9.47. The predicted octanol–water partition coefficient (Wildman–Crippen LogP) is 11.5. The molecule has 0 fully saturated rings. The molecule has 0 aliphatic carbocycles. The molecule has 0 atom stereocenters. The van der Waals surface area contributed by atoms with Gasteiger partial charge in [0.05, 0.1) is 26.2 Å². The van der Waals surface area contributed by atoms with E-state index >= 15 is 0 Å². The standard InChI is InChI=1S/C65H104N14O/c66-61(74-53-57-37-21-17-22-38-57)70-45-29-9-1-5-13-33-49-78(50-34-14-6-2-10-30-46-71-62(67)75-54-58-39-23-18-24-40-58)65(80)79(51-35-15-7-3-11-31-47-72-63(68)76-55-59-41-25-19-26-42-59)52-36-16-8-4-12-32-48-73-64(69)77-56-60-43-27-20-28-44-60/h17-28,37-44H,1-16,29-36,45-56H2,(H3,66,70,74)(H3,67,71,75)(H3,68,72,76)(H3,69,73,77). The number of hydrogen-bond acceptors (Lipinski definition) is 5. The van der Waals surface area contributed by atoms with Gasteiger partial charge in [0, 0.05) is 52.4 Å². The summed E-state index contributed by atoms with van der Waals surface area (Å²) in [5.74, 6) is 2.02. The molecule has 0 unspecified atom stereocenters. The summed E-state index contributed by atoms with van der Waals surface area (Å²) in [5.41, 5.74) is 29.2. The topological polar surface area (TPSA) is 225 Å². The van der Waals surface area contributed by atoms with E-state index < -0.39 is 0 Å². The van der Waals surface area contributed by atoms with Crippen molar-refractivity contribution in [1.29, 1.82) is 0 Å². The third-order valence-corrected chi connectivity index (χ3v) is 14.3. The predicted molar refractivity (Wildman–Crippen MR) is 338 cm³/mol. The zero-order valence-electron chi connectivity index (χ0n) is 48.9. The molecule has 0 bridgehead atoms. The van der Waals surface area contributed by atoms with E-state index in [4.69, 9.17) is 22.9 Å². The number of carbonyl (C=O) groups is 1. The second-order valence-electron chi connectivity index (χ2n) is 21.2. The van der Waals surface area contributed by atoms with Gasteiger partial charge in [-0.05, 0) is 73.6 Å². The smallest absolute Gasteiger partial charge is 0.319 e. The van der Waals surface area contributed by atoms with Crippen molar-refractivity contribution < 1.29 is 4.79 Å². The Kier molecular flexibility index (Phi) is 37.0. The van der Waals surface area contributed by atoms with Crippen LogP contribution in [0.4, 0.5) is 4.79 Å². The van der Waals surface area contributed by atoms with Crippen LogP contribution in [0.25, 0.3) is 0 Å². The van der Waals surface area contributed by atoms with Gasteiger partial charge in [-0.25, -0.2) is 24.8 Å². The number of benzene rings is 4. The number of nitrogens with two attached hydrogens (primary N) is 4. The van der Waals surface area contributed by atoms with Crippen LogP contribution in [0.2, 0.25) is 0 Å². The minimum atomic E-state index is 0.232. The third kappa shape index (κ3) is 34.3. The van der Waals surface area contributed by atoms with Gasteiger partial charge in [-0.3, -0.25) is 0 Å². The normalized spacial score (nSPS) is 12.1. The Balaban J connectivity index is 1.21. The van der Waals surface area contributed by atoms with E-state index in [-0.39, 0.29) is 6.03 Å². The Morgan fingerprint density at radius 2 is 0.475 bits per heavy atom. The average molecular weight is 1100 g/mol. The minimum absolute atomic E-state index is 0.232. The van der Waals surface area contributed by atoms with Crippen LogP contribution in [0.1, 0.15) is 176 Å². The molecule has 0 aliphatic heterocycles. The summed E-state index contributed by atoms with van der Waals surface area (Å²) in [5, 5.41) is 13.1. The summed E-state index contributed by atoms with van der Waals surface area (Å²) >= 11 is 0. The quantitative estimate of drug-likeness (QED) is 0.0120. The molecule has 4 aromatic rings. The summed E-state index contributed by atoms with van der Waals surface area (Å²) in [6.07, 6.45) is 26.8. The van der Waals surface area contributed by atoms with Crippen LogP contribution in [0, 0.1) is 0 Å². The number of nitrogens with zero attached hydrogens (tertiary/aromatic N) is 6. The number of amides is 2. The lowest BCUT2D eigenvalue weighted by Gasteiger charge is -2.31. The molecule has 12 N–H and O–H groups in total. The van der Waals surface area contributed by atoms with Crippen molar-refractivity contribution >= 4 is 29.9 Å². The fraction of sp³-hybridized carbons (Fsp3) is 0.554. The fourth-order valence-corrected chi connectivity index (χ4v) is 9.47. The monoisotopic (exact) mass is 1100 g/mol. The molecular formula is C65H104N14O. The van der Waals surface area contributed by atoms with E-state index in [1.54, 1.807) is 0 Å². The molecule has 4 aromatic carbocycles. The van der Waals surface area contributed by atoms with Gasteiger partial charge in [0.2, 0.25) is 0 Å². The third-order valence-electron chi connectivity index (χ3n) is 14.3. The molecular weight excluding hydrogens is 993 g/mol. The van der Waals surface area contributed by atoms with Crippen LogP contribution in [-0.2, 0) is 26.2 Å². The first-order chi connectivity index (χ1) is 39.4. The van der Waals surface area contributed by atoms with E-state index in [0.717, 1.165) is 177 Å². The Morgan fingerprint density at radius 3 is 0.688 bits per heavy atom. The molecule has 80 heavy (non-hydrogen) atoms. The van der Waals surface area contributed by atoms with Crippen LogP contribution in [0.5, 0.6) is 0 Å². The van der Waals surface area contributed by atoms with Crippen LogP contribution >= 0.6 is 0 Å². The van der Waals surface area contributed by atoms with E-state index in [0.29, 0.717) is 50.0 Å². The van der Waals surface area contributed by atoms with E-state index in [2.05, 4.69) is 99.6 Å². The number of urea groups is 1. The van der Waals surface area contributed by atoms with Gasteiger partial charge < -0.3 is 54.0 Å². The molecule has 0 radical (unpaired) electrons.